The average molecular weight is 413 g/mol. The third-order valence-corrected chi connectivity index (χ3v) is 5.22. The van der Waals surface area contributed by atoms with E-state index in [1.54, 1.807) is 6.20 Å². The minimum absolute atomic E-state index is 0.157. The van der Waals surface area contributed by atoms with E-state index in [1.165, 1.54) is 0 Å². The number of anilines is 1. The smallest absolute Gasteiger partial charge is 0.354 e. The predicted molar refractivity (Wildman–Crippen MR) is 101 cm³/mol. The van der Waals surface area contributed by atoms with E-state index in [0.29, 0.717) is 11.4 Å². The topological polar surface area (TPSA) is 68.8 Å². The van der Waals surface area contributed by atoms with Gasteiger partial charge in [-0.25, -0.2) is 4.98 Å². The molecule has 2 atom stereocenters. The molecule has 0 aliphatic carbocycles. The number of aromatic nitrogens is 1. The lowest BCUT2D eigenvalue weighted by Gasteiger charge is -2.36. The summed E-state index contributed by atoms with van der Waals surface area (Å²) in [7, 11) is 0. The first-order chi connectivity index (χ1) is 13.7. The summed E-state index contributed by atoms with van der Waals surface area (Å²) < 4.78 is 37.5. The summed E-state index contributed by atoms with van der Waals surface area (Å²) in [5, 5.41) is 2.85. The maximum atomic E-state index is 12.5. The number of halogens is 3. The molecule has 2 aliphatic rings. The Morgan fingerprint density at radius 1 is 1.28 bits per heavy atom. The van der Waals surface area contributed by atoms with Crippen molar-refractivity contribution in [3.63, 3.8) is 0 Å². The maximum absolute atomic E-state index is 12.5. The van der Waals surface area contributed by atoms with E-state index >= 15 is 0 Å². The predicted octanol–water partition coefficient (Wildman–Crippen LogP) is 1.12. The number of likely N-dealkylation sites (tertiary alicyclic amines) is 1. The Balaban J connectivity index is 1.41. The third kappa shape index (κ3) is 6.06. The molecule has 1 aromatic heterocycles. The van der Waals surface area contributed by atoms with Crippen LogP contribution in [0.25, 0.3) is 0 Å². The second kappa shape index (κ2) is 8.98. The number of alkyl halides is 3. The van der Waals surface area contributed by atoms with Gasteiger partial charge in [-0.15, -0.1) is 0 Å². The van der Waals surface area contributed by atoms with Gasteiger partial charge in [-0.3, -0.25) is 14.5 Å². The van der Waals surface area contributed by atoms with Gasteiger partial charge in [0.05, 0.1) is 5.92 Å². The second-order valence-corrected chi connectivity index (χ2v) is 7.68. The van der Waals surface area contributed by atoms with E-state index in [9.17, 15) is 22.8 Å². The Hall–Kier alpha value is -2.36. The molecule has 0 radical (unpaired) electrons. The first-order valence-corrected chi connectivity index (χ1v) is 9.74. The van der Waals surface area contributed by atoms with Crippen LogP contribution in [0.3, 0.4) is 0 Å². The Kier molecular flexibility index (Phi) is 6.61. The molecular formula is C19H26F3N5O2. The second-order valence-electron chi connectivity index (χ2n) is 7.68. The first kappa shape index (κ1) is 21.4. The lowest BCUT2D eigenvalue weighted by molar-refractivity contribution is -0.157. The number of nitrogens with zero attached hydrogens (tertiary/aromatic N) is 4. The van der Waals surface area contributed by atoms with Crippen molar-refractivity contribution in [2.45, 2.75) is 25.6 Å². The quantitative estimate of drug-likeness (QED) is 0.757. The number of pyridine rings is 1. The highest BCUT2D eigenvalue weighted by Crippen LogP contribution is 2.24. The standard InChI is InChI=1S/C19H26F3N5O2/c1-14(11-25-6-8-26(9-7-25)16-4-2-3-5-23-16)24-18(29)15-10-17(28)27(12-15)13-19(20,21)22/h2-5,14-15H,6-13H2,1H3,(H,24,29). The number of hydrogen-bond donors (Lipinski definition) is 1. The number of amides is 2. The summed E-state index contributed by atoms with van der Waals surface area (Å²) in [6.45, 7) is 4.37. The van der Waals surface area contributed by atoms with Gasteiger partial charge in [-0.05, 0) is 19.1 Å². The lowest BCUT2D eigenvalue weighted by Crippen LogP contribution is -2.51. The van der Waals surface area contributed by atoms with Gasteiger partial charge >= 0.3 is 6.18 Å². The molecule has 2 fully saturated rings. The number of hydrogen-bond acceptors (Lipinski definition) is 5. The zero-order valence-electron chi connectivity index (χ0n) is 16.4. The molecule has 0 bridgehead atoms. The van der Waals surface area contributed by atoms with Crippen LogP contribution in [0.15, 0.2) is 24.4 Å². The summed E-state index contributed by atoms with van der Waals surface area (Å²) in [5.41, 5.74) is 0. The van der Waals surface area contributed by atoms with Crippen LogP contribution in [0.5, 0.6) is 0 Å². The van der Waals surface area contributed by atoms with Crippen LogP contribution in [0.1, 0.15) is 13.3 Å². The van der Waals surface area contributed by atoms with Gasteiger partial charge in [-0.1, -0.05) is 6.07 Å². The average Bonchev–Trinajstić information content (AvgIpc) is 3.02. The SMILES string of the molecule is CC(CN1CCN(c2ccccn2)CC1)NC(=O)C1CC(=O)N(CC(F)(F)F)C1. The zero-order chi connectivity index (χ0) is 21.0. The van der Waals surface area contributed by atoms with Crippen LogP contribution >= 0.6 is 0 Å². The third-order valence-electron chi connectivity index (χ3n) is 5.22. The summed E-state index contributed by atoms with van der Waals surface area (Å²) in [5.74, 6) is -0.764. The van der Waals surface area contributed by atoms with Crippen molar-refractivity contribution in [1.29, 1.82) is 0 Å². The monoisotopic (exact) mass is 413 g/mol. The normalized spacial score (nSPS) is 22.1. The van der Waals surface area contributed by atoms with Crippen LogP contribution < -0.4 is 10.2 Å². The fourth-order valence-corrected chi connectivity index (χ4v) is 3.81. The van der Waals surface area contributed by atoms with Gasteiger partial charge in [0.15, 0.2) is 0 Å². The van der Waals surface area contributed by atoms with Gasteiger partial charge in [0, 0.05) is 57.9 Å². The molecule has 1 N–H and O–H groups in total. The number of carbonyl (C=O) groups excluding carboxylic acids is 2. The van der Waals surface area contributed by atoms with Crippen molar-refractivity contribution in [1.82, 2.24) is 20.1 Å². The number of carbonyl (C=O) groups is 2. The molecule has 3 heterocycles. The van der Waals surface area contributed by atoms with Gasteiger partial charge in [0.25, 0.3) is 0 Å². The number of rotatable bonds is 6. The molecule has 2 unspecified atom stereocenters. The van der Waals surface area contributed by atoms with Crippen molar-refractivity contribution in [3.05, 3.63) is 24.4 Å². The van der Waals surface area contributed by atoms with E-state index in [4.69, 9.17) is 0 Å². The largest absolute Gasteiger partial charge is 0.406 e. The van der Waals surface area contributed by atoms with Crippen LogP contribution in [0.4, 0.5) is 19.0 Å². The number of nitrogens with one attached hydrogen (secondary N) is 1. The number of piperazine rings is 1. The van der Waals surface area contributed by atoms with Crippen LogP contribution in [0.2, 0.25) is 0 Å². The van der Waals surface area contributed by atoms with Gasteiger partial charge in [0.1, 0.15) is 12.4 Å². The molecule has 2 saturated heterocycles. The van der Waals surface area contributed by atoms with E-state index in [0.717, 1.165) is 32.0 Å². The van der Waals surface area contributed by atoms with E-state index < -0.39 is 24.5 Å². The fourth-order valence-electron chi connectivity index (χ4n) is 3.81. The van der Waals surface area contributed by atoms with E-state index in [-0.39, 0.29) is 24.9 Å². The molecular weight excluding hydrogens is 387 g/mol. The Labute approximate surface area is 167 Å². The van der Waals surface area contributed by atoms with Gasteiger partial charge in [-0.2, -0.15) is 13.2 Å². The molecule has 1 aromatic rings. The highest BCUT2D eigenvalue weighted by Gasteiger charge is 2.40. The highest BCUT2D eigenvalue weighted by atomic mass is 19.4. The molecule has 3 rings (SSSR count). The Morgan fingerprint density at radius 3 is 2.62 bits per heavy atom. The van der Waals surface area contributed by atoms with Crippen molar-refractivity contribution in [2.75, 3.05) is 50.7 Å². The molecule has 160 valence electrons. The molecule has 2 aliphatic heterocycles. The highest BCUT2D eigenvalue weighted by molar-refractivity contribution is 5.89. The van der Waals surface area contributed by atoms with Crippen LogP contribution in [-0.2, 0) is 9.59 Å². The van der Waals surface area contributed by atoms with Gasteiger partial charge in [0.2, 0.25) is 11.8 Å². The molecule has 0 aromatic carbocycles. The van der Waals surface area contributed by atoms with Crippen LogP contribution in [0, 0.1) is 5.92 Å². The van der Waals surface area contributed by atoms with Crippen molar-refractivity contribution in [3.8, 4) is 0 Å². The summed E-state index contributed by atoms with van der Waals surface area (Å²) >= 11 is 0. The van der Waals surface area contributed by atoms with Crippen LogP contribution in [-0.4, -0.2) is 84.6 Å². The Morgan fingerprint density at radius 2 is 2.00 bits per heavy atom. The lowest BCUT2D eigenvalue weighted by atomic mass is 10.1. The van der Waals surface area contributed by atoms with E-state index in [1.807, 2.05) is 25.1 Å². The minimum Gasteiger partial charge on any atom is -0.354 e. The molecule has 2 amide bonds. The summed E-state index contributed by atoms with van der Waals surface area (Å²) in [6, 6.07) is 5.65. The summed E-state index contributed by atoms with van der Waals surface area (Å²) in [4.78, 5) is 33.6. The fraction of sp³-hybridized carbons (Fsp3) is 0.632. The van der Waals surface area contributed by atoms with E-state index in [2.05, 4.69) is 20.1 Å². The maximum Gasteiger partial charge on any atom is 0.406 e. The minimum atomic E-state index is -4.45. The van der Waals surface area contributed by atoms with Crippen molar-refractivity contribution < 1.29 is 22.8 Å². The first-order valence-electron chi connectivity index (χ1n) is 9.74. The zero-order valence-corrected chi connectivity index (χ0v) is 16.4. The molecule has 10 heteroatoms. The van der Waals surface area contributed by atoms with Gasteiger partial charge < -0.3 is 15.1 Å². The van der Waals surface area contributed by atoms with Crippen molar-refractivity contribution in [2.24, 2.45) is 5.92 Å². The van der Waals surface area contributed by atoms with Crippen molar-refractivity contribution >= 4 is 17.6 Å². The Bertz CT molecular complexity index is 708. The molecule has 29 heavy (non-hydrogen) atoms. The molecule has 0 spiro atoms. The molecule has 0 saturated carbocycles. The molecule has 7 nitrogen and oxygen atoms in total. The summed E-state index contributed by atoms with van der Waals surface area (Å²) in [6.07, 6.45) is -2.86.